The summed E-state index contributed by atoms with van der Waals surface area (Å²) in [5.41, 5.74) is 0.155. The van der Waals surface area contributed by atoms with E-state index in [1.165, 1.54) is 9.88 Å². The van der Waals surface area contributed by atoms with Crippen LogP contribution in [0.5, 0.6) is 0 Å². The summed E-state index contributed by atoms with van der Waals surface area (Å²) in [6.07, 6.45) is 2.01. The van der Waals surface area contributed by atoms with Crippen molar-refractivity contribution in [2.45, 2.75) is 45.7 Å². The number of rotatable bonds is 5. The van der Waals surface area contributed by atoms with Crippen molar-refractivity contribution < 1.29 is 4.74 Å². The van der Waals surface area contributed by atoms with Gasteiger partial charge in [-0.15, -0.1) is 11.3 Å². The summed E-state index contributed by atoms with van der Waals surface area (Å²) in [6.45, 7) is 14.8. The highest BCUT2D eigenvalue weighted by molar-refractivity contribution is 7.11. The molecule has 1 unspecified atom stereocenters. The maximum absolute atomic E-state index is 5.38. The highest BCUT2D eigenvalue weighted by Gasteiger charge is 2.18. The maximum atomic E-state index is 5.38. The number of ether oxygens (including phenoxy) is 1. The first-order valence-corrected chi connectivity index (χ1v) is 8.25. The zero-order valence-corrected chi connectivity index (χ0v) is 13.9. The predicted octanol–water partition coefficient (Wildman–Crippen LogP) is 2.25. The molecule has 4 nitrogen and oxygen atoms in total. The van der Waals surface area contributed by atoms with E-state index >= 15 is 0 Å². The number of nitrogens with zero attached hydrogens (tertiary/aromatic N) is 2. The van der Waals surface area contributed by atoms with Crippen molar-refractivity contribution in [1.82, 2.24) is 15.2 Å². The second-order valence-electron chi connectivity index (χ2n) is 6.58. The van der Waals surface area contributed by atoms with Crippen molar-refractivity contribution in [3.63, 3.8) is 0 Å². The smallest absolute Gasteiger partial charge is 0.0981 e. The van der Waals surface area contributed by atoms with Gasteiger partial charge in [0.2, 0.25) is 0 Å². The van der Waals surface area contributed by atoms with Crippen molar-refractivity contribution in [3.8, 4) is 0 Å². The van der Waals surface area contributed by atoms with E-state index in [1.54, 1.807) is 0 Å². The van der Waals surface area contributed by atoms with Crippen molar-refractivity contribution in [2.24, 2.45) is 0 Å². The van der Waals surface area contributed by atoms with Crippen LogP contribution in [0.2, 0.25) is 0 Å². The molecule has 114 valence electrons. The molecule has 0 spiro atoms. The van der Waals surface area contributed by atoms with E-state index in [0.29, 0.717) is 6.04 Å². The Kier molecular flexibility index (Phi) is 5.55. The first-order chi connectivity index (χ1) is 9.45. The van der Waals surface area contributed by atoms with Crippen LogP contribution in [0.3, 0.4) is 0 Å². The van der Waals surface area contributed by atoms with E-state index in [4.69, 9.17) is 4.74 Å². The first-order valence-electron chi connectivity index (χ1n) is 7.44. The van der Waals surface area contributed by atoms with Crippen LogP contribution in [0.25, 0.3) is 0 Å². The molecule has 0 amide bonds. The topological polar surface area (TPSA) is 37.4 Å². The molecule has 0 saturated carbocycles. The minimum absolute atomic E-state index is 0.155. The van der Waals surface area contributed by atoms with Crippen molar-refractivity contribution >= 4 is 11.3 Å². The summed E-state index contributed by atoms with van der Waals surface area (Å²) in [6, 6.07) is 0.494. The minimum atomic E-state index is 0.155. The Labute approximate surface area is 126 Å². The Hall–Kier alpha value is -0.490. The van der Waals surface area contributed by atoms with Gasteiger partial charge < -0.3 is 10.1 Å². The summed E-state index contributed by atoms with van der Waals surface area (Å²) < 4.78 is 5.38. The Bertz CT molecular complexity index is 407. The number of hydrogen-bond acceptors (Lipinski definition) is 5. The Morgan fingerprint density at radius 2 is 2.10 bits per heavy atom. The molecule has 2 rings (SSSR count). The van der Waals surface area contributed by atoms with Crippen LogP contribution in [-0.2, 0) is 16.7 Å². The average Bonchev–Trinajstić information content (AvgIpc) is 2.86. The lowest BCUT2D eigenvalue weighted by Gasteiger charge is -2.29. The molecule has 0 aliphatic carbocycles. The van der Waals surface area contributed by atoms with Crippen LogP contribution in [0.1, 0.15) is 37.6 Å². The molecule has 20 heavy (non-hydrogen) atoms. The lowest BCUT2D eigenvalue weighted by molar-refractivity contribution is 0.0343. The average molecular weight is 297 g/mol. The first kappa shape index (κ1) is 15.9. The molecule has 1 aliphatic rings. The van der Waals surface area contributed by atoms with Gasteiger partial charge in [-0.3, -0.25) is 4.90 Å². The molecule has 0 radical (unpaired) electrons. The molecule has 0 aromatic carbocycles. The number of morpholine rings is 1. The van der Waals surface area contributed by atoms with Crippen LogP contribution in [0, 0.1) is 0 Å². The zero-order chi connectivity index (χ0) is 14.6. The lowest BCUT2D eigenvalue weighted by atomic mass is 9.98. The van der Waals surface area contributed by atoms with E-state index in [9.17, 15) is 0 Å². The molecular formula is C15H27N3OS. The molecule has 2 heterocycles. The third-order valence-corrected chi connectivity index (χ3v) is 4.88. The van der Waals surface area contributed by atoms with Crippen LogP contribution in [0.15, 0.2) is 6.20 Å². The summed E-state index contributed by atoms with van der Waals surface area (Å²) in [4.78, 5) is 8.32. The Morgan fingerprint density at radius 1 is 1.40 bits per heavy atom. The highest BCUT2D eigenvalue weighted by atomic mass is 32.1. The van der Waals surface area contributed by atoms with Gasteiger partial charge in [-0.2, -0.15) is 0 Å². The second-order valence-corrected chi connectivity index (χ2v) is 7.69. The number of aromatic nitrogens is 1. The van der Waals surface area contributed by atoms with Gasteiger partial charge in [0.05, 0.1) is 18.2 Å². The number of thiazole rings is 1. The maximum Gasteiger partial charge on any atom is 0.0981 e. The summed E-state index contributed by atoms with van der Waals surface area (Å²) in [7, 11) is 0. The monoisotopic (exact) mass is 297 g/mol. The standard InChI is InChI=1S/C15H27N3OS/c1-12(11-18-5-7-19-8-6-18)16-9-13-10-17-14(20-13)15(2,3)4/h10,12,16H,5-9,11H2,1-4H3. The van der Waals surface area contributed by atoms with Gasteiger partial charge in [0.25, 0.3) is 0 Å². The Morgan fingerprint density at radius 3 is 2.70 bits per heavy atom. The van der Waals surface area contributed by atoms with Gasteiger partial charge in [-0.1, -0.05) is 20.8 Å². The lowest BCUT2D eigenvalue weighted by Crippen LogP contribution is -2.44. The summed E-state index contributed by atoms with van der Waals surface area (Å²) in [5, 5.41) is 4.82. The fraction of sp³-hybridized carbons (Fsp3) is 0.800. The molecule has 1 N–H and O–H groups in total. The molecule has 1 atom stereocenters. The van der Waals surface area contributed by atoms with E-state index in [0.717, 1.165) is 39.4 Å². The molecule has 1 aromatic rings. The van der Waals surface area contributed by atoms with Crippen molar-refractivity contribution in [2.75, 3.05) is 32.8 Å². The fourth-order valence-electron chi connectivity index (χ4n) is 2.25. The van der Waals surface area contributed by atoms with E-state index < -0.39 is 0 Å². The third kappa shape index (κ3) is 4.81. The highest BCUT2D eigenvalue weighted by Crippen LogP contribution is 2.26. The Balaban J connectivity index is 1.75. The van der Waals surface area contributed by atoms with E-state index in [-0.39, 0.29) is 5.41 Å². The van der Waals surface area contributed by atoms with Crippen molar-refractivity contribution in [3.05, 3.63) is 16.1 Å². The summed E-state index contributed by atoms with van der Waals surface area (Å²) in [5.74, 6) is 0. The summed E-state index contributed by atoms with van der Waals surface area (Å²) >= 11 is 1.82. The third-order valence-electron chi connectivity index (χ3n) is 3.46. The minimum Gasteiger partial charge on any atom is -0.379 e. The van der Waals surface area contributed by atoms with Gasteiger partial charge in [0.1, 0.15) is 0 Å². The zero-order valence-electron chi connectivity index (χ0n) is 13.1. The molecule has 0 bridgehead atoms. The van der Waals surface area contributed by atoms with Gasteiger partial charge >= 0.3 is 0 Å². The van der Waals surface area contributed by atoms with Gasteiger partial charge in [0.15, 0.2) is 0 Å². The fourth-order valence-corrected chi connectivity index (χ4v) is 3.17. The van der Waals surface area contributed by atoms with Gasteiger partial charge in [-0.25, -0.2) is 4.98 Å². The largest absolute Gasteiger partial charge is 0.379 e. The molecular weight excluding hydrogens is 270 g/mol. The van der Waals surface area contributed by atoms with E-state index in [1.807, 2.05) is 17.5 Å². The number of hydrogen-bond donors (Lipinski definition) is 1. The molecule has 1 aliphatic heterocycles. The van der Waals surface area contributed by atoms with Gasteiger partial charge in [-0.05, 0) is 6.92 Å². The molecule has 5 heteroatoms. The van der Waals surface area contributed by atoms with Gasteiger partial charge in [0, 0.05) is 48.7 Å². The molecule has 1 saturated heterocycles. The van der Waals surface area contributed by atoms with Crippen LogP contribution in [0.4, 0.5) is 0 Å². The molecule has 1 aromatic heterocycles. The predicted molar refractivity (Wildman–Crippen MR) is 84.4 cm³/mol. The molecule has 1 fully saturated rings. The normalized spacial score (nSPS) is 19.2. The van der Waals surface area contributed by atoms with Crippen LogP contribution < -0.4 is 5.32 Å². The van der Waals surface area contributed by atoms with Crippen LogP contribution in [-0.4, -0.2) is 48.8 Å². The van der Waals surface area contributed by atoms with Crippen LogP contribution >= 0.6 is 11.3 Å². The SMILES string of the molecule is CC(CN1CCOCC1)NCc1cnc(C(C)(C)C)s1. The number of nitrogens with one attached hydrogen (secondary N) is 1. The quantitative estimate of drug-likeness (QED) is 0.904. The van der Waals surface area contributed by atoms with Crippen molar-refractivity contribution in [1.29, 1.82) is 0 Å². The van der Waals surface area contributed by atoms with E-state index in [2.05, 4.69) is 42.9 Å². The second kappa shape index (κ2) is 6.98.